The van der Waals surface area contributed by atoms with Gasteiger partial charge in [-0.25, -0.2) is 0 Å². The van der Waals surface area contributed by atoms with Crippen LogP contribution in [0.3, 0.4) is 0 Å². The molecule has 0 heterocycles. The number of ether oxygens (including phenoxy) is 1. The zero-order valence-electron chi connectivity index (χ0n) is 9.75. The number of esters is 1. The molecule has 0 N–H and O–H groups in total. The summed E-state index contributed by atoms with van der Waals surface area (Å²) in [6, 6.07) is 8.40. The summed E-state index contributed by atoms with van der Waals surface area (Å²) in [7, 11) is 1.44. The molecule has 0 amide bonds. The first-order valence-electron chi connectivity index (χ1n) is 5.56. The first-order valence-corrected chi connectivity index (χ1v) is 5.56. The number of hydrogen-bond acceptors (Lipinski definition) is 2. The molecular weight excluding hydrogens is 200 g/mol. The summed E-state index contributed by atoms with van der Waals surface area (Å²) >= 11 is 0. The van der Waals surface area contributed by atoms with Gasteiger partial charge < -0.3 is 4.74 Å². The van der Waals surface area contributed by atoms with Gasteiger partial charge in [0.1, 0.15) is 0 Å². The molecule has 2 rings (SSSR count). The van der Waals surface area contributed by atoms with Gasteiger partial charge in [0.15, 0.2) is 0 Å². The van der Waals surface area contributed by atoms with Crippen LogP contribution in [0.15, 0.2) is 29.8 Å². The van der Waals surface area contributed by atoms with Crippen LogP contribution in [0, 0.1) is 0 Å². The Balaban J connectivity index is 2.32. The molecule has 2 nitrogen and oxygen atoms in total. The number of rotatable bonds is 2. The lowest BCUT2D eigenvalue weighted by molar-refractivity contribution is -0.139. The third-order valence-electron chi connectivity index (χ3n) is 3.23. The van der Waals surface area contributed by atoms with Crippen LogP contribution in [0.25, 0.3) is 5.57 Å². The molecule has 0 aromatic heterocycles. The molecule has 2 heteroatoms. The van der Waals surface area contributed by atoms with Gasteiger partial charge in [-0.05, 0) is 36.5 Å². The monoisotopic (exact) mass is 216 g/mol. The zero-order valence-corrected chi connectivity index (χ0v) is 9.75. The summed E-state index contributed by atoms with van der Waals surface area (Å²) in [6.07, 6.45) is 2.43. The van der Waals surface area contributed by atoms with E-state index in [4.69, 9.17) is 4.74 Å². The Kier molecular flexibility index (Phi) is 3.09. The summed E-state index contributed by atoms with van der Waals surface area (Å²) < 4.78 is 4.72. The highest BCUT2D eigenvalue weighted by Crippen LogP contribution is 2.32. The highest BCUT2D eigenvalue weighted by molar-refractivity contribution is 5.79. The lowest BCUT2D eigenvalue weighted by atomic mass is 9.85. The van der Waals surface area contributed by atoms with E-state index in [9.17, 15) is 4.79 Å². The molecule has 0 saturated heterocycles. The number of carbonyl (C=O) groups is 1. The highest BCUT2D eigenvalue weighted by Gasteiger charge is 2.17. The second-order valence-corrected chi connectivity index (χ2v) is 4.14. The Labute approximate surface area is 95.9 Å². The molecule has 0 bridgehead atoms. The molecule has 16 heavy (non-hydrogen) atoms. The smallest absolute Gasteiger partial charge is 0.309 e. The number of hydrogen-bond donors (Lipinski definition) is 0. The number of fused-ring (bicyclic) bond motifs is 1. The zero-order chi connectivity index (χ0) is 11.5. The number of allylic oxidation sites excluding steroid dienone is 1. The molecule has 1 aliphatic rings. The van der Waals surface area contributed by atoms with E-state index in [1.165, 1.54) is 29.4 Å². The molecule has 0 spiro atoms. The van der Waals surface area contributed by atoms with Crippen molar-refractivity contribution < 1.29 is 9.53 Å². The van der Waals surface area contributed by atoms with Gasteiger partial charge in [-0.3, -0.25) is 4.79 Å². The SMILES string of the molecule is COC(=O)CC1=C(C)c2ccccc2CC1. The second-order valence-electron chi connectivity index (χ2n) is 4.14. The average molecular weight is 216 g/mol. The summed E-state index contributed by atoms with van der Waals surface area (Å²) in [4.78, 5) is 11.3. The van der Waals surface area contributed by atoms with Crippen LogP contribution < -0.4 is 0 Å². The lowest BCUT2D eigenvalue weighted by Gasteiger charge is -2.20. The Bertz CT molecular complexity index is 444. The molecule has 0 atom stereocenters. The Morgan fingerprint density at radius 3 is 2.81 bits per heavy atom. The number of methoxy groups -OCH3 is 1. The summed E-state index contributed by atoms with van der Waals surface area (Å²) in [5, 5.41) is 0. The van der Waals surface area contributed by atoms with E-state index in [2.05, 4.69) is 25.1 Å². The van der Waals surface area contributed by atoms with Crippen LogP contribution in [-0.4, -0.2) is 13.1 Å². The van der Waals surface area contributed by atoms with Gasteiger partial charge >= 0.3 is 5.97 Å². The fraction of sp³-hybridized carbons (Fsp3) is 0.357. The molecule has 84 valence electrons. The van der Waals surface area contributed by atoms with Crippen LogP contribution in [0.2, 0.25) is 0 Å². The second kappa shape index (κ2) is 4.52. The van der Waals surface area contributed by atoms with Crippen LogP contribution in [0.1, 0.15) is 30.9 Å². The van der Waals surface area contributed by atoms with E-state index < -0.39 is 0 Å². The van der Waals surface area contributed by atoms with Gasteiger partial charge in [-0.15, -0.1) is 0 Å². The van der Waals surface area contributed by atoms with Crippen molar-refractivity contribution in [2.75, 3.05) is 7.11 Å². The van der Waals surface area contributed by atoms with Gasteiger partial charge in [-0.1, -0.05) is 29.8 Å². The van der Waals surface area contributed by atoms with Crippen molar-refractivity contribution >= 4 is 11.5 Å². The molecule has 1 aliphatic carbocycles. The van der Waals surface area contributed by atoms with Crippen molar-refractivity contribution in [3.05, 3.63) is 41.0 Å². The molecule has 0 unspecified atom stereocenters. The molecule has 1 aromatic carbocycles. The minimum absolute atomic E-state index is 0.145. The van der Waals surface area contributed by atoms with E-state index in [0.717, 1.165) is 12.8 Å². The predicted molar refractivity (Wildman–Crippen MR) is 64.0 cm³/mol. The van der Waals surface area contributed by atoms with Gasteiger partial charge in [0, 0.05) is 0 Å². The highest BCUT2D eigenvalue weighted by atomic mass is 16.5. The maximum Gasteiger partial charge on any atom is 0.309 e. The molecular formula is C14H16O2. The molecule has 0 aliphatic heterocycles. The summed E-state index contributed by atoms with van der Waals surface area (Å²) in [6.45, 7) is 2.09. The van der Waals surface area contributed by atoms with Crippen molar-refractivity contribution in [1.82, 2.24) is 0 Å². The van der Waals surface area contributed by atoms with E-state index in [1.54, 1.807) is 0 Å². The van der Waals surface area contributed by atoms with Crippen molar-refractivity contribution in [1.29, 1.82) is 0 Å². The van der Waals surface area contributed by atoms with Crippen molar-refractivity contribution in [2.24, 2.45) is 0 Å². The van der Waals surface area contributed by atoms with Crippen LogP contribution in [-0.2, 0) is 16.0 Å². The molecule has 1 aromatic rings. The van der Waals surface area contributed by atoms with Crippen LogP contribution in [0.5, 0.6) is 0 Å². The standard InChI is InChI=1S/C14H16O2/c1-10-12(9-14(15)16-2)8-7-11-5-3-4-6-13(10)11/h3-6H,7-9H2,1-2H3. The maximum atomic E-state index is 11.3. The van der Waals surface area contributed by atoms with Gasteiger partial charge in [0.2, 0.25) is 0 Å². The normalized spacial score (nSPS) is 14.6. The van der Waals surface area contributed by atoms with Crippen molar-refractivity contribution in [3.63, 3.8) is 0 Å². The average Bonchev–Trinajstić information content (AvgIpc) is 2.33. The minimum Gasteiger partial charge on any atom is -0.469 e. The molecule has 0 radical (unpaired) electrons. The molecule has 0 fully saturated rings. The lowest BCUT2D eigenvalue weighted by Crippen LogP contribution is -2.08. The Morgan fingerprint density at radius 2 is 2.06 bits per heavy atom. The fourth-order valence-electron chi connectivity index (χ4n) is 2.24. The van der Waals surface area contributed by atoms with E-state index in [-0.39, 0.29) is 5.97 Å². The van der Waals surface area contributed by atoms with Gasteiger partial charge in [0.05, 0.1) is 13.5 Å². The number of aryl methyl sites for hydroxylation is 1. The predicted octanol–water partition coefficient (Wildman–Crippen LogP) is 2.97. The van der Waals surface area contributed by atoms with Crippen LogP contribution >= 0.6 is 0 Å². The minimum atomic E-state index is -0.145. The quantitative estimate of drug-likeness (QED) is 0.710. The first-order chi connectivity index (χ1) is 7.72. The topological polar surface area (TPSA) is 26.3 Å². The Hall–Kier alpha value is -1.57. The van der Waals surface area contributed by atoms with E-state index in [1.807, 2.05) is 6.07 Å². The van der Waals surface area contributed by atoms with Gasteiger partial charge in [-0.2, -0.15) is 0 Å². The third kappa shape index (κ3) is 2.01. The van der Waals surface area contributed by atoms with E-state index in [0.29, 0.717) is 6.42 Å². The number of benzene rings is 1. The summed E-state index contributed by atoms with van der Waals surface area (Å²) in [5.41, 5.74) is 5.12. The largest absolute Gasteiger partial charge is 0.469 e. The van der Waals surface area contributed by atoms with Crippen LogP contribution in [0.4, 0.5) is 0 Å². The maximum absolute atomic E-state index is 11.3. The van der Waals surface area contributed by atoms with E-state index >= 15 is 0 Å². The Morgan fingerprint density at radius 1 is 1.31 bits per heavy atom. The fourth-order valence-corrected chi connectivity index (χ4v) is 2.24. The van der Waals surface area contributed by atoms with Crippen molar-refractivity contribution in [2.45, 2.75) is 26.2 Å². The first kappa shape index (κ1) is 10.9. The molecule has 0 saturated carbocycles. The summed E-state index contributed by atoms with van der Waals surface area (Å²) in [5.74, 6) is -0.145. The third-order valence-corrected chi connectivity index (χ3v) is 3.23. The van der Waals surface area contributed by atoms with Gasteiger partial charge in [0.25, 0.3) is 0 Å². The number of carbonyl (C=O) groups excluding carboxylic acids is 1. The van der Waals surface area contributed by atoms with Crippen molar-refractivity contribution in [3.8, 4) is 0 Å².